The van der Waals surface area contributed by atoms with Crippen LogP contribution in [-0.2, 0) is 9.53 Å². The van der Waals surface area contributed by atoms with E-state index in [-0.39, 0.29) is 11.4 Å². The minimum atomic E-state index is -1.82. The molecule has 0 aromatic heterocycles. The molecule has 1 fully saturated rings. The van der Waals surface area contributed by atoms with Gasteiger partial charge in [0.25, 0.3) is 0 Å². The van der Waals surface area contributed by atoms with Gasteiger partial charge in [0, 0.05) is 0 Å². The zero-order valence-electron chi connectivity index (χ0n) is 10.2. The molecular formula is C12H14NO7-. The molecule has 8 nitrogen and oxygen atoms in total. The Kier molecular flexibility index (Phi) is 4.09. The van der Waals surface area contributed by atoms with E-state index in [1.807, 2.05) is 0 Å². The van der Waals surface area contributed by atoms with Crippen LogP contribution in [0, 0.1) is 0 Å². The first-order chi connectivity index (χ1) is 9.41. The summed E-state index contributed by atoms with van der Waals surface area (Å²) in [6, 6.07) is 6.29. The maximum atomic E-state index is 10.8. The van der Waals surface area contributed by atoms with Crippen molar-refractivity contribution in [3.05, 3.63) is 24.3 Å². The molecule has 20 heavy (non-hydrogen) atoms. The van der Waals surface area contributed by atoms with Gasteiger partial charge >= 0.3 is 0 Å². The number of carbonyl (C=O) groups is 1. The van der Waals surface area contributed by atoms with Crippen LogP contribution in [0.5, 0.6) is 5.75 Å². The summed E-state index contributed by atoms with van der Waals surface area (Å²) in [5, 5.41) is 39.6. The maximum absolute atomic E-state index is 10.8. The zero-order valence-corrected chi connectivity index (χ0v) is 10.2. The molecule has 1 saturated heterocycles. The number of nitrogen functional groups attached to an aromatic ring is 1. The van der Waals surface area contributed by atoms with Crippen LogP contribution < -0.4 is 15.6 Å². The monoisotopic (exact) mass is 284 g/mol. The molecule has 5 N–H and O–H groups in total. The molecule has 5 atom stereocenters. The van der Waals surface area contributed by atoms with Crippen molar-refractivity contribution in [2.24, 2.45) is 0 Å². The minimum Gasteiger partial charge on any atom is -0.547 e. The van der Waals surface area contributed by atoms with E-state index in [2.05, 4.69) is 0 Å². The van der Waals surface area contributed by atoms with Crippen LogP contribution in [0.3, 0.4) is 0 Å². The van der Waals surface area contributed by atoms with Crippen molar-refractivity contribution < 1.29 is 34.7 Å². The Balaban J connectivity index is 2.18. The second-order valence-corrected chi connectivity index (χ2v) is 4.37. The summed E-state index contributed by atoms with van der Waals surface area (Å²) in [6.45, 7) is 0. The number of hydrogen-bond donors (Lipinski definition) is 4. The van der Waals surface area contributed by atoms with Gasteiger partial charge in [0.15, 0.2) is 0 Å². The lowest BCUT2D eigenvalue weighted by molar-refractivity contribution is -0.342. The summed E-state index contributed by atoms with van der Waals surface area (Å²) < 4.78 is 10.1. The average molecular weight is 284 g/mol. The van der Waals surface area contributed by atoms with Crippen LogP contribution in [0.4, 0.5) is 5.69 Å². The molecule has 110 valence electrons. The predicted octanol–water partition coefficient (Wildman–Crippen LogP) is -2.79. The van der Waals surface area contributed by atoms with Crippen molar-refractivity contribution in [3.8, 4) is 5.75 Å². The van der Waals surface area contributed by atoms with Gasteiger partial charge < -0.3 is 40.4 Å². The second kappa shape index (κ2) is 5.63. The minimum absolute atomic E-state index is 0.150. The van der Waals surface area contributed by atoms with Crippen LogP contribution in [0.25, 0.3) is 0 Å². The molecule has 5 unspecified atom stereocenters. The Hall–Kier alpha value is -1.87. The predicted molar refractivity (Wildman–Crippen MR) is 63.2 cm³/mol. The molecule has 2 rings (SSSR count). The number of carboxylic acid groups (broad SMARTS) is 1. The fourth-order valence-corrected chi connectivity index (χ4v) is 1.85. The SMILES string of the molecule is Nc1ccccc1OC1OC(C(=O)[O-])C(O)C(O)C1O. The molecule has 0 spiro atoms. The Labute approximate surface area is 114 Å². The summed E-state index contributed by atoms with van der Waals surface area (Å²) >= 11 is 0. The first-order valence-electron chi connectivity index (χ1n) is 5.83. The Morgan fingerprint density at radius 3 is 2.45 bits per heavy atom. The summed E-state index contributed by atoms with van der Waals surface area (Å²) in [5.74, 6) is -1.57. The van der Waals surface area contributed by atoms with E-state index in [0.717, 1.165) is 0 Å². The maximum Gasteiger partial charge on any atom is 0.229 e. The number of hydrogen-bond acceptors (Lipinski definition) is 8. The van der Waals surface area contributed by atoms with Crippen molar-refractivity contribution in [3.63, 3.8) is 0 Å². The number of carboxylic acids is 1. The lowest BCUT2D eigenvalue weighted by Crippen LogP contribution is -2.63. The third kappa shape index (κ3) is 2.68. The standard InChI is InChI=1S/C12H15NO7/c13-5-3-1-2-4-6(5)19-12-9(16)7(14)8(15)10(20-12)11(17)18/h1-4,7-10,12,14-16H,13H2,(H,17,18)/p-1. The van der Waals surface area contributed by atoms with Gasteiger partial charge in [0.1, 0.15) is 30.2 Å². The summed E-state index contributed by atoms with van der Waals surface area (Å²) in [7, 11) is 0. The molecule has 8 heteroatoms. The number of carbonyl (C=O) groups excluding carboxylic acids is 1. The van der Waals surface area contributed by atoms with Gasteiger partial charge in [-0.2, -0.15) is 0 Å². The summed E-state index contributed by atoms with van der Waals surface area (Å²) in [4.78, 5) is 10.8. The quantitative estimate of drug-likeness (QED) is 0.436. The molecule has 0 bridgehead atoms. The normalized spacial score (nSPS) is 33.6. The molecule has 1 aliphatic heterocycles. The fraction of sp³-hybridized carbons (Fsp3) is 0.417. The van der Waals surface area contributed by atoms with Gasteiger partial charge in [0.2, 0.25) is 6.29 Å². The van der Waals surface area contributed by atoms with Crippen molar-refractivity contribution in [2.45, 2.75) is 30.7 Å². The van der Waals surface area contributed by atoms with E-state index >= 15 is 0 Å². The number of aliphatic hydroxyl groups is 3. The lowest BCUT2D eigenvalue weighted by Gasteiger charge is -2.40. The first kappa shape index (κ1) is 14.5. The molecule has 0 aliphatic carbocycles. The highest BCUT2D eigenvalue weighted by Crippen LogP contribution is 2.27. The smallest absolute Gasteiger partial charge is 0.229 e. The summed E-state index contributed by atoms with van der Waals surface area (Å²) in [5.41, 5.74) is 5.88. The number of para-hydroxylation sites is 2. The van der Waals surface area contributed by atoms with E-state index < -0.39 is 36.7 Å². The molecule has 1 aromatic carbocycles. The van der Waals surface area contributed by atoms with E-state index in [1.165, 1.54) is 12.1 Å². The highest BCUT2D eigenvalue weighted by atomic mass is 16.7. The summed E-state index contributed by atoms with van der Waals surface area (Å²) in [6.07, 6.45) is -8.52. The number of nitrogens with two attached hydrogens (primary N) is 1. The Morgan fingerprint density at radius 2 is 1.85 bits per heavy atom. The molecule has 0 saturated carbocycles. The highest BCUT2D eigenvalue weighted by Gasteiger charge is 2.45. The van der Waals surface area contributed by atoms with Crippen molar-refractivity contribution in [1.82, 2.24) is 0 Å². The number of ether oxygens (including phenoxy) is 2. The largest absolute Gasteiger partial charge is 0.547 e. The third-order valence-corrected chi connectivity index (χ3v) is 2.96. The van der Waals surface area contributed by atoms with Crippen molar-refractivity contribution in [2.75, 3.05) is 5.73 Å². The van der Waals surface area contributed by atoms with Crippen molar-refractivity contribution >= 4 is 11.7 Å². The number of anilines is 1. The number of aliphatic hydroxyl groups excluding tert-OH is 3. The van der Waals surface area contributed by atoms with Crippen LogP contribution in [-0.4, -0.2) is 52.0 Å². The lowest BCUT2D eigenvalue weighted by atomic mass is 9.99. The van der Waals surface area contributed by atoms with Gasteiger partial charge in [-0.3, -0.25) is 0 Å². The molecule has 1 aromatic rings. The Bertz CT molecular complexity index is 494. The zero-order chi connectivity index (χ0) is 14.9. The third-order valence-electron chi connectivity index (χ3n) is 2.96. The van der Waals surface area contributed by atoms with E-state index in [1.54, 1.807) is 12.1 Å². The van der Waals surface area contributed by atoms with E-state index in [0.29, 0.717) is 0 Å². The van der Waals surface area contributed by atoms with Gasteiger partial charge in [0.05, 0.1) is 11.7 Å². The van der Waals surface area contributed by atoms with Gasteiger partial charge in [-0.1, -0.05) is 12.1 Å². The fourth-order valence-electron chi connectivity index (χ4n) is 1.85. The van der Waals surface area contributed by atoms with Crippen molar-refractivity contribution in [1.29, 1.82) is 0 Å². The van der Waals surface area contributed by atoms with Crippen LogP contribution >= 0.6 is 0 Å². The van der Waals surface area contributed by atoms with Gasteiger partial charge in [-0.25, -0.2) is 0 Å². The molecular weight excluding hydrogens is 270 g/mol. The van der Waals surface area contributed by atoms with E-state index in [4.69, 9.17) is 15.2 Å². The number of benzene rings is 1. The first-order valence-corrected chi connectivity index (χ1v) is 5.83. The molecule has 0 amide bonds. The second-order valence-electron chi connectivity index (χ2n) is 4.37. The highest BCUT2D eigenvalue weighted by molar-refractivity contribution is 5.71. The molecule has 1 aliphatic rings. The van der Waals surface area contributed by atoms with Crippen LogP contribution in [0.1, 0.15) is 0 Å². The average Bonchev–Trinajstić information content (AvgIpc) is 2.41. The Morgan fingerprint density at radius 1 is 1.20 bits per heavy atom. The topological polar surface area (TPSA) is 145 Å². The van der Waals surface area contributed by atoms with Crippen LogP contribution in [0.2, 0.25) is 0 Å². The van der Waals surface area contributed by atoms with E-state index in [9.17, 15) is 25.2 Å². The van der Waals surface area contributed by atoms with Gasteiger partial charge in [-0.05, 0) is 12.1 Å². The number of rotatable bonds is 3. The number of aliphatic carboxylic acids is 1. The van der Waals surface area contributed by atoms with Crippen LogP contribution in [0.15, 0.2) is 24.3 Å². The van der Waals surface area contributed by atoms with Gasteiger partial charge in [-0.15, -0.1) is 0 Å². The molecule has 0 radical (unpaired) electrons. The molecule has 1 heterocycles.